The fourth-order valence-electron chi connectivity index (χ4n) is 3.65. The van der Waals surface area contributed by atoms with Crippen LogP contribution in [0.25, 0.3) is 11.6 Å². The molecule has 0 N–H and O–H groups in total. The van der Waals surface area contributed by atoms with Gasteiger partial charge in [-0.05, 0) is 72.2 Å². The van der Waals surface area contributed by atoms with Crippen LogP contribution < -0.4 is 14.2 Å². The average molecular weight is 575 g/mol. The Labute approximate surface area is 230 Å². The molecular formula is C31H25BrClNO3. The van der Waals surface area contributed by atoms with Gasteiger partial charge in [-0.2, -0.15) is 5.26 Å². The molecule has 0 aromatic heterocycles. The van der Waals surface area contributed by atoms with E-state index in [0.717, 1.165) is 26.7 Å². The van der Waals surface area contributed by atoms with Crippen LogP contribution in [0.5, 0.6) is 17.2 Å². The van der Waals surface area contributed by atoms with Crippen molar-refractivity contribution in [2.75, 3.05) is 6.61 Å². The number of benzene rings is 4. The summed E-state index contributed by atoms with van der Waals surface area (Å²) >= 11 is 9.70. The van der Waals surface area contributed by atoms with Gasteiger partial charge < -0.3 is 14.2 Å². The van der Waals surface area contributed by atoms with Gasteiger partial charge in [0.25, 0.3) is 0 Å². The molecule has 37 heavy (non-hydrogen) atoms. The first kappa shape index (κ1) is 26.3. The minimum atomic E-state index is 0.307. The van der Waals surface area contributed by atoms with Crippen molar-refractivity contribution in [2.45, 2.75) is 20.1 Å². The van der Waals surface area contributed by atoms with Crippen LogP contribution in [0.15, 0.2) is 95.5 Å². The van der Waals surface area contributed by atoms with Gasteiger partial charge >= 0.3 is 0 Å². The lowest BCUT2D eigenvalue weighted by Gasteiger charge is -2.15. The van der Waals surface area contributed by atoms with Crippen molar-refractivity contribution in [1.29, 1.82) is 5.26 Å². The first-order valence-corrected chi connectivity index (χ1v) is 13.0. The first-order valence-electron chi connectivity index (χ1n) is 11.8. The number of allylic oxidation sites excluding steroid dienone is 1. The Morgan fingerprint density at radius 1 is 0.811 bits per heavy atom. The summed E-state index contributed by atoms with van der Waals surface area (Å²) in [5.74, 6) is 1.96. The zero-order valence-corrected chi connectivity index (χ0v) is 22.6. The van der Waals surface area contributed by atoms with Gasteiger partial charge in [-0.15, -0.1) is 0 Å². The van der Waals surface area contributed by atoms with Crippen molar-refractivity contribution >= 4 is 39.2 Å². The highest BCUT2D eigenvalue weighted by Crippen LogP contribution is 2.32. The van der Waals surface area contributed by atoms with Gasteiger partial charge in [0.2, 0.25) is 0 Å². The van der Waals surface area contributed by atoms with Gasteiger partial charge in [-0.1, -0.05) is 76.1 Å². The van der Waals surface area contributed by atoms with Crippen molar-refractivity contribution in [3.8, 4) is 23.3 Å². The summed E-state index contributed by atoms with van der Waals surface area (Å²) < 4.78 is 19.0. The Morgan fingerprint density at radius 2 is 1.51 bits per heavy atom. The monoisotopic (exact) mass is 573 g/mol. The van der Waals surface area contributed by atoms with E-state index in [1.807, 2.05) is 85.8 Å². The molecule has 4 rings (SSSR count). The van der Waals surface area contributed by atoms with Crippen LogP contribution in [0, 0.1) is 11.3 Å². The van der Waals surface area contributed by atoms with Crippen molar-refractivity contribution in [1.82, 2.24) is 0 Å². The predicted molar refractivity (Wildman–Crippen MR) is 152 cm³/mol. The molecule has 4 aromatic carbocycles. The molecule has 0 aliphatic heterocycles. The lowest BCUT2D eigenvalue weighted by Crippen LogP contribution is -2.02. The molecule has 0 radical (unpaired) electrons. The minimum absolute atomic E-state index is 0.307. The lowest BCUT2D eigenvalue weighted by atomic mass is 10.0. The summed E-state index contributed by atoms with van der Waals surface area (Å²) in [5.41, 5.74) is 4.05. The molecule has 0 aliphatic carbocycles. The molecule has 0 unspecified atom stereocenters. The summed E-state index contributed by atoms with van der Waals surface area (Å²) in [6.07, 6.45) is 1.79. The summed E-state index contributed by atoms with van der Waals surface area (Å²) in [5, 5.41) is 10.3. The van der Waals surface area contributed by atoms with E-state index in [1.54, 1.807) is 18.2 Å². The van der Waals surface area contributed by atoms with E-state index in [2.05, 4.69) is 22.0 Å². The Hall–Kier alpha value is -3.72. The van der Waals surface area contributed by atoms with Crippen LogP contribution in [0.1, 0.15) is 29.2 Å². The standard InChI is InChI=1S/C31H25BrClNO3/c1-2-35-31-16-23(8-14-30(31)37-20-22-6-4-3-5-7-22)21-36-29-15-13-28(33)18-25(29)17-26(19-34)24-9-11-27(32)12-10-24/h3-18H,2,20-21H2,1H3/b26-17+. The normalized spacial score (nSPS) is 11.0. The van der Waals surface area contributed by atoms with Gasteiger partial charge in [0.15, 0.2) is 11.5 Å². The number of hydrogen-bond donors (Lipinski definition) is 0. The molecule has 4 nitrogen and oxygen atoms in total. The highest BCUT2D eigenvalue weighted by atomic mass is 79.9. The fourth-order valence-corrected chi connectivity index (χ4v) is 4.10. The number of ether oxygens (including phenoxy) is 3. The molecule has 0 fully saturated rings. The van der Waals surface area contributed by atoms with Crippen LogP contribution in [-0.2, 0) is 13.2 Å². The largest absolute Gasteiger partial charge is 0.490 e. The summed E-state index contributed by atoms with van der Waals surface area (Å²) in [7, 11) is 0. The van der Waals surface area contributed by atoms with Gasteiger partial charge in [0.05, 0.1) is 18.2 Å². The maximum Gasteiger partial charge on any atom is 0.161 e. The minimum Gasteiger partial charge on any atom is -0.490 e. The second kappa shape index (κ2) is 13.0. The van der Waals surface area contributed by atoms with Crippen molar-refractivity contribution < 1.29 is 14.2 Å². The molecule has 0 aliphatic rings. The fraction of sp³-hybridized carbons (Fsp3) is 0.129. The molecular weight excluding hydrogens is 550 g/mol. The number of nitriles is 1. The highest BCUT2D eigenvalue weighted by Gasteiger charge is 2.10. The molecule has 0 bridgehead atoms. The van der Waals surface area contributed by atoms with Gasteiger partial charge in [0.1, 0.15) is 19.0 Å². The van der Waals surface area contributed by atoms with E-state index in [-0.39, 0.29) is 0 Å². The van der Waals surface area contributed by atoms with E-state index >= 15 is 0 Å². The summed E-state index contributed by atoms with van der Waals surface area (Å²) in [6, 6.07) is 31.0. The zero-order chi connectivity index (χ0) is 26.0. The third-order valence-electron chi connectivity index (χ3n) is 5.49. The van der Waals surface area contributed by atoms with Crippen molar-refractivity contribution in [2.24, 2.45) is 0 Å². The number of hydrogen-bond acceptors (Lipinski definition) is 4. The third kappa shape index (κ3) is 7.39. The predicted octanol–water partition coefficient (Wildman–Crippen LogP) is 8.72. The van der Waals surface area contributed by atoms with E-state index in [9.17, 15) is 5.26 Å². The lowest BCUT2D eigenvalue weighted by molar-refractivity contribution is 0.267. The smallest absolute Gasteiger partial charge is 0.161 e. The van der Waals surface area contributed by atoms with E-state index < -0.39 is 0 Å². The Balaban J connectivity index is 1.52. The quantitative estimate of drug-likeness (QED) is 0.140. The summed E-state index contributed by atoms with van der Waals surface area (Å²) in [4.78, 5) is 0. The molecule has 0 saturated carbocycles. The molecule has 0 saturated heterocycles. The molecule has 4 aromatic rings. The van der Waals surface area contributed by atoms with E-state index in [1.165, 1.54) is 0 Å². The third-order valence-corrected chi connectivity index (χ3v) is 6.25. The number of rotatable bonds is 10. The Morgan fingerprint density at radius 3 is 2.24 bits per heavy atom. The maximum absolute atomic E-state index is 9.77. The topological polar surface area (TPSA) is 51.5 Å². The van der Waals surface area contributed by atoms with E-state index in [4.69, 9.17) is 25.8 Å². The zero-order valence-electron chi connectivity index (χ0n) is 20.3. The molecule has 0 atom stereocenters. The average Bonchev–Trinajstić information content (AvgIpc) is 2.92. The van der Waals surface area contributed by atoms with Gasteiger partial charge in [-0.25, -0.2) is 0 Å². The summed E-state index contributed by atoms with van der Waals surface area (Å²) in [6.45, 7) is 3.22. The Bertz CT molecular complexity index is 1410. The van der Waals surface area contributed by atoms with Crippen LogP contribution in [0.2, 0.25) is 5.02 Å². The molecule has 0 amide bonds. The molecule has 186 valence electrons. The van der Waals surface area contributed by atoms with Crippen molar-refractivity contribution in [3.63, 3.8) is 0 Å². The molecule has 0 heterocycles. The second-order valence-electron chi connectivity index (χ2n) is 8.14. The maximum atomic E-state index is 9.77. The highest BCUT2D eigenvalue weighted by molar-refractivity contribution is 9.10. The SMILES string of the molecule is CCOc1cc(COc2ccc(Cl)cc2/C=C(\C#N)c2ccc(Br)cc2)ccc1OCc1ccccc1. The Kier molecular flexibility index (Phi) is 9.26. The van der Waals surface area contributed by atoms with Gasteiger partial charge in [-0.3, -0.25) is 0 Å². The van der Waals surface area contributed by atoms with Crippen LogP contribution in [-0.4, -0.2) is 6.61 Å². The second-order valence-corrected chi connectivity index (χ2v) is 9.49. The van der Waals surface area contributed by atoms with E-state index in [0.29, 0.717) is 47.7 Å². The molecule has 6 heteroatoms. The number of nitrogens with zero attached hydrogens (tertiary/aromatic N) is 1. The van der Waals surface area contributed by atoms with Crippen LogP contribution in [0.3, 0.4) is 0 Å². The van der Waals surface area contributed by atoms with Gasteiger partial charge in [0, 0.05) is 15.1 Å². The van der Waals surface area contributed by atoms with Crippen LogP contribution in [0.4, 0.5) is 0 Å². The molecule has 0 spiro atoms. The first-order chi connectivity index (χ1) is 18.1. The van der Waals surface area contributed by atoms with Crippen LogP contribution >= 0.6 is 27.5 Å². The number of halogens is 2. The van der Waals surface area contributed by atoms with Crippen molar-refractivity contribution in [3.05, 3.63) is 123 Å².